The molecule has 0 aliphatic heterocycles. The molecular formula is C15H8O2S. The quantitative estimate of drug-likeness (QED) is 0.451. The average Bonchev–Trinajstić information content (AvgIpc) is 2.73. The van der Waals surface area contributed by atoms with Gasteiger partial charge in [0.25, 0.3) is 0 Å². The molecule has 0 aliphatic carbocycles. The minimum atomic E-state index is -0.334. The number of fused-ring (bicyclic) bond motifs is 5. The Hall–Kier alpha value is -2.00. The number of aryl methyl sites for hydroxylation is 1. The van der Waals surface area contributed by atoms with Crippen molar-refractivity contribution in [2.75, 3.05) is 0 Å². The van der Waals surface area contributed by atoms with Crippen molar-refractivity contribution in [3.05, 3.63) is 56.3 Å². The van der Waals surface area contributed by atoms with Crippen LogP contribution in [0.15, 0.2) is 39.9 Å². The van der Waals surface area contributed by atoms with Crippen LogP contribution in [0.5, 0.6) is 0 Å². The summed E-state index contributed by atoms with van der Waals surface area (Å²) in [4.78, 5) is 23.4. The van der Waals surface area contributed by atoms with E-state index in [0.29, 0.717) is 10.8 Å². The summed E-state index contributed by atoms with van der Waals surface area (Å²) < 4.78 is 2.25. The molecule has 3 aromatic carbocycles. The first-order valence-corrected chi connectivity index (χ1v) is 6.54. The molecule has 18 heavy (non-hydrogen) atoms. The fourth-order valence-electron chi connectivity index (χ4n) is 2.70. The van der Waals surface area contributed by atoms with Gasteiger partial charge in [0.1, 0.15) is 0 Å². The summed E-state index contributed by atoms with van der Waals surface area (Å²) in [6, 6.07) is 10.0. The second-order valence-electron chi connectivity index (χ2n) is 4.57. The Morgan fingerprint density at radius 3 is 2.44 bits per heavy atom. The summed E-state index contributed by atoms with van der Waals surface area (Å²) in [7, 11) is 0. The van der Waals surface area contributed by atoms with Crippen LogP contribution in [-0.2, 0) is 0 Å². The van der Waals surface area contributed by atoms with E-state index >= 15 is 0 Å². The van der Waals surface area contributed by atoms with Crippen LogP contribution in [-0.4, -0.2) is 0 Å². The van der Waals surface area contributed by atoms with Crippen LogP contribution in [0, 0.1) is 6.92 Å². The monoisotopic (exact) mass is 252 g/mol. The van der Waals surface area contributed by atoms with Crippen LogP contribution in [0.2, 0.25) is 0 Å². The topological polar surface area (TPSA) is 34.1 Å². The van der Waals surface area contributed by atoms with Gasteiger partial charge in [-0.05, 0) is 24.6 Å². The summed E-state index contributed by atoms with van der Waals surface area (Å²) in [5.74, 6) is 0. The summed E-state index contributed by atoms with van der Waals surface area (Å²) in [5, 5.41) is 3.29. The van der Waals surface area contributed by atoms with Gasteiger partial charge in [0.15, 0.2) is 0 Å². The van der Waals surface area contributed by atoms with Crippen LogP contribution in [0.1, 0.15) is 5.56 Å². The number of hydrogen-bond acceptors (Lipinski definition) is 3. The summed E-state index contributed by atoms with van der Waals surface area (Å²) in [6.45, 7) is 1.90. The first kappa shape index (κ1) is 9.97. The van der Waals surface area contributed by atoms with Crippen molar-refractivity contribution < 1.29 is 0 Å². The first-order valence-electron chi connectivity index (χ1n) is 5.72. The largest absolute Gasteiger partial charge is 0.285 e. The zero-order chi connectivity index (χ0) is 12.4. The molecule has 1 heterocycles. The van der Waals surface area contributed by atoms with Gasteiger partial charge in [-0.25, -0.2) is 0 Å². The van der Waals surface area contributed by atoms with Crippen LogP contribution < -0.4 is 10.9 Å². The number of benzene rings is 2. The van der Waals surface area contributed by atoms with Crippen molar-refractivity contribution in [2.24, 2.45) is 0 Å². The Bertz CT molecular complexity index is 1010. The van der Waals surface area contributed by atoms with Crippen molar-refractivity contribution in [2.45, 2.75) is 6.92 Å². The van der Waals surface area contributed by atoms with Crippen molar-refractivity contribution in [1.82, 2.24) is 0 Å². The number of hydrogen-bond donors (Lipinski definition) is 0. The lowest BCUT2D eigenvalue weighted by molar-refractivity contribution is 1.48. The minimum Gasteiger partial charge on any atom is -0.285 e. The van der Waals surface area contributed by atoms with Gasteiger partial charge in [-0.1, -0.05) is 18.2 Å². The highest BCUT2D eigenvalue weighted by molar-refractivity contribution is 7.26. The molecule has 0 radical (unpaired) electrons. The Morgan fingerprint density at radius 1 is 0.889 bits per heavy atom. The minimum absolute atomic E-state index is 0.331. The maximum Gasteiger partial charge on any atom is 0.234 e. The Kier molecular flexibility index (Phi) is 1.69. The molecule has 0 N–H and O–H groups in total. The molecular weight excluding hydrogens is 244 g/mol. The van der Waals surface area contributed by atoms with Crippen molar-refractivity contribution >= 4 is 42.3 Å². The fraction of sp³-hybridized carbons (Fsp3) is 0.0667. The van der Waals surface area contributed by atoms with Gasteiger partial charge in [-0.2, -0.15) is 0 Å². The molecule has 0 saturated carbocycles. The van der Waals surface area contributed by atoms with E-state index in [9.17, 15) is 9.59 Å². The first-order chi connectivity index (χ1) is 8.68. The van der Waals surface area contributed by atoms with Crippen molar-refractivity contribution in [3.8, 4) is 0 Å². The van der Waals surface area contributed by atoms with Gasteiger partial charge in [0.05, 0.1) is 0 Å². The van der Waals surface area contributed by atoms with Gasteiger partial charge in [-0.15, -0.1) is 11.3 Å². The molecule has 86 valence electrons. The Morgan fingerprint density at radius 2 is 1.61 bits per heavy atom. The maximum absolute atomic E-state index is 11.8. The molecule has 0 unspecified atom stereocenters. The van der Waals surface area contributed by atoms with Crippen LogP contribution in [0.4, 0.5) is 0 Å². The van der Waals surface area contributed by atoms with E-state index in [2.05, 4.69) is 0 Å². The SMILES string of the molecule is Cc1cc2sc3ccccc3c2c2c(=O)c(=O)c12. The standard InChI is InChI=1S/C15H8O2S/c1-7-6-10-12(13-11(7)14(16)15(13)17)8-4-2-3-5-9(8)18-10/h2-6H,1H3. The van der Waals surface area contributed by atoms with Crippen LogP contribution >= 0.6 is 11.3 Å². The summed E-state index contributed by atoms with van der Waals surface area (Å²) >= 11 is 1.67. The van der Waals surface area contributed by atoms with E-state index in [1.807, 2.05) is 37.3 Å². The Labute approximate surface area is 106 Å². The van der Waals surface area contributed by atoms with Gasteiger partial charge in [0, 0.05) is 30.9 Å². The molecule has 0 fully saturated rings. The molecule has 0 atom stereocenters. The third kappa shape index (κ3) is 0.985. The van der Waals surface area contributed by atoms with E-state index in [1.54, 1.807) is 11.3 Å². The molecule has 3 heteroatoms. The smallest absolute Gasteiger partial charge is 0.234 e. The molecule has 1 aromatic heterocycles. The van der Waals surface area contributed by atoms with Gasteiger partial charge in [-0.3, -0.25) is 9.59 Å². The van der Waals surface area contributed by atoms with Crippen molar-refractivity contribution in [1.29, 1.82) is 0 Å². The van der Waals surface area contributed by atoms with Gasteiger partial charge >= 0.3 is 0 Å². The number of thiophene rings is 1. The highest BCUT2D eigenvalue weighted by atomic mass is 32.1. The van der Waals surface area contributed by atoms with Crippen molar-refractivity contribution in [3.63, 3.8) is 0 Å². The fourth-order valence-corrected chi connectivity index (χ4v) is 3.91. The highest BCUT2D eigenvalue weighted by Gasteiger charge is 2.20. The highest BCUT2D eigenvalue weighted by Crippen LogP contribution is 2.38. The van der Waals surface area contributed by atoms with E-state index in [4.69, 9.17) is 0 Å². The lowest BCUT2D eigenvalue weighted by Gasteiger charge is -2.05. The lowest BCUT2D eigenvalue weighted by Crippen LogP contribution is -2.31. The number of rotatable bonds is 0. The van der Waals surface area contributed by atoms with E-state index in [0.717, 1.165) is 25.7 Å². The predicted octanol–water partition coefficient (Wildman–Crippen LogP) is 3.11. The normalized spacial score (nSPS) is 12.1. The molecule has 4 rings (SSSR count). The molecule has 0 spiro atoms. The second-order valence-corrected chi connectivity index (χ2v) is 5.66. The summed E-state index contributed by atoms with van der Waals surface area (Å²) in [5.41, 5.74) is 0.246. The molecule has 0 amide bonds. The third-order valence-corrected chi connectivity index (χ3v) is 4.64. The molecule has 0 saturated heterocycles. The van der Waals surface area contributed by atoms with Gasteiger partial charge in [0.2, 0.25) is 10.9 Å². The zero-order valence-electron chi connectivity index (χ0n) is 9.61. The van der Waals surface area contributed by atoms with Gasteiger partial charge < -0.3 is 0 Å². The van der Waals surface area contributed by atoms with Crippen LogP contribution in [0.3, 0.4) is 0 Å². The lowest BCUT2D eigenvalue weighted by atomic mass is 9.95. The zero-order valence-corrected chi connectivity index (χ0v) is 10.4. The third-order valence-electron chi connectivity index (χ3n) is 3.53. The molecule has 0 aliphatic rings. The predicted molar refractivity (Wildman–Crippen MR) is 76.5 cm³/mol. The van der Waals surface area contributed by atoms with E-state index in [-0.39, 0.29) is 10.9 Å². The van der Waals surface area contributed by atoms with E-state index in [1.165, 1.54) is 0 Å². The molecule has 2 nitrogen and oxygen atoms in total. The van der Waals surface area contributed by atoms with E-state index < -0.39 is 0 Å². The average molecular weight is 252 g/mol. The molecule has 4 aromatic rings. The second kappa shape index (κ2) is 3.06. The van der Waals surface area contributed by atoms with Crippen LogP contribution in [0.25, 0.3) is 30.9 Å². The maximum atomic E-state index is 11.8. The molecule has 0 bridgehead atoms. The Balaban J connectivity index is 2.45. The summed E-state index contributed by atoms with van der Waals surface area (Å²) in [6.07, 6.45) is 0.